The minimum Gasteiger partial charge on any atom is -0.459 e. The van der Waals surface area contributed by atoms with E-state index in [1.807, 2.05) is 34.6 Å². The van der Waals surface area contributed by atoms with Gasteiger partial charge in [-0.3, -0.25) is 9.59 Å². The van der Waals surface area contributed by atoms with Crippen molar-refractivity contribution in [2.45, 2.75) is 95.9 Å². The Kier molecular flexibility index (Phi) is 17.0. The van der Waals surface area contributed by atoms with Gasteiger partial charge in [0.15, 0.2) is 0 Å². The maximum atomic E-state index is 11.9. The molecule has 0 spiro atoms. The standard InChI is InChI=1S/C14H30N2O.C14H30NO2/c1-7-14(5,6)13(17)15-11-12-16(8-2,9-3)10-4;1-7-14(5,6)13(16)17-12-11-15(8-2,9-3)10-4/h2*7-12H2,1-6H3/q;+1/p+1. The monoisotopic (exact) mass is 487 g/mol. The minimum atomic E-state index is -0.347. The molecule has 0 aromatic rings. The highest BCUT2D eigenvalue weighted by molar-refractivity contribution is 5.81. The van der Waals surface area contributed by atoms with Gasteiger partial charge in [0.05, 0.1) is 57.8 Å². The zero-order valence-corrected chi connectivity index (χ0v) is 25.1. The fourth-order valence-electron chi connectivity index (χ4n) is 3.77. The Labute approximate surface area is 213 Å². The van der Waals surface area contributed by atoms with Gasteiger partial charge in [0, 0.05) is 5.41 Å². The van der Waals surface area contributed by atoms with Crippen LogP contribution in [0.25, 0.3) is 0 Å². The first-order valence-corrected chi connectivity index (χ1v) is 13.9. The third-order valence-electron chi connectivity index (χ3n) is 8.63. The number of hydrogen-bond donors (Lipinski definition) is 1. The van der Waals surface area contributed by atoms with Crippen LogP contribution < -0.4 is 5.32 Å². The number of ether oxygens (including phenoxy) is 1. The number of esters is 1. The van der Waals surface area contributed by atoms with E-state index in [2.05, 4.69) is 53.8 Å². The van der Waals surface area contributed by atoms with E-state index in [-0.39, 0.29) is 22.7 Å². The van der Waals surface area contributed by atoms with Gasteiger partial charge in [-0.15, -0.1) is 0 Å². The van der Waals surface area contributed by atoms with Crippen LogP contribution in [0.2, 0.25) is 0 Å². The Morgan fingerprint density at radius 2 is 1.03 bits per heavy atom. The van der Waals surface area contributed by atoms with Gasteiger partial charge in [-0.2, -0.15) is 0 Å². The molecule has 0 aliphatic heterocycles. The van der Waals surface area contributed by atoms with E-state index in [1.165, 1.54) is 0 Å². The fraction of sp³-hybridized carbons (Fsp3) is 0.929. The Morgan fingerprint density at radius 3 is 1.38 bits per heavy atom. The summed E-state index contributed by atoms with van der Waals surface area (Å²) in [7, 11) is 0. The lowest BCUT2D eigenvalue weighted by molar-refractivity contribution is -0.923. The van der Waals surface area contributed by atoms with E-state index >= 15 is 0 Å². The van der Waals surface area contributed by atoms with Gasteiger partial charge in [0.2, 0.25) is 5.91 Å². The molecule has 0 bridgehead atoms. The number of hydrogen-bond acceptors (Lipinski definition) is 3. The van der Waals surface area contributed by atoms with Crippen LogP contribution in [0.1, 0.15) is 95.9 Å². The van der Waals surface area contributed by atoms with Gasteiger partial charge in [-0.1, -0.05) is 27.7 Å². The van der Waals surface area contributed by atoms with Crippen LogP contribution in [0.4, 0.5) is 0 Å². The number of likely N-dealkylation sites (N-methyl/N-ethyl adjacent to an activating group) is 2. The van der Waals surface area contributed by atoms with E-state index in [1.54, 1.807) is 0 Å². The zero-order chi connectivity index (χ0) is 27.1. The number of quaternary nitrogens is 2. The number of nitrogens with one attached hydrogen (secondary N) is 1. The second kappa shape index (κ2) is 16.5. The molecule has 0 fully saturated rings. The molecule has 0 heterocycles. The molecule has 0 atom stereocenters. The molecular formula is C28H61N3O3+2. The molecule has 6 heteroatoms. The number of amides is 1. The predicted octanol–water partition coefficient (Wildman–Crippen LogP) is 5.26. The van der Waals surface area contributed by atoms with E-state index in [4.69, 9.17) is 4.74 Å². The summed E-state index contributed by atoms with van der Waals surface area (Å²) in [6, 6.07) is 0. The van der Waals surface area contributed by atoms with Gasteiger partial charge in [0.1, 0.15) is 13.2 Å². The average molecular weight is 488 g/mol. The van der Waals surface area contributed by atoms with Crippen molar-refractivity contribution in [2.75, 3.05) is 65.5 Å². The molecule has 1 N–H and O–H groups in total. The van der Waals surface area contributed by atoms with Crippen LogP contribution in [0.3, 0.4) is 0 Å². The summed E-state index contributed by atoms with van der Waals surface area (Å²) in [4.78, 5) is 23.7. The highest BCUT2D eigenvalue weighted by atomic mass is 16.5. The van der Waals surface area contributed by atoms with Gasteiger partial charge in [0.25, 0.3) is 0 Å². The normalized spacial score (nSPS) is 12.6. The van der Waals surface area contributed by atoms with Crippen LogP contribution in [0.5, 0.6) is 0 Å². The summed E-state index contributed by atoms with van der Waals surface area (Å²) in [5.74, 6) is 0.114. The molecule has 6 nitrogen and oxygen atoms in total. The third kappa shape index (κ3) is 11.5. The van der Waals surface area contributed by atoms with Crippen molar-refractivity contribution in [3.63, 3.8) is 0 Å². The highest BCUT2D eigenvalue weighted by Gasteiger charge is 2.29. The third-order valence-corrected chi connectivity index (χ3v) is 8.63. The number of rotatable bonds is 16. The molecule has 0 rings (SSSR count). The number of carbonyl (C=O) groups is 2. The summed E-state index contributed by atoms with van der Waals surface area (Å²) in [5, 5.41) is 3.08. The Morgan fingerprint density at radius 1 is 0.647 bits per heavy atom. The largest absolute Gasteiger partial charge is 0.459 e. The first kappa shape index (κ1) is 35.0. The molecule has 0 unspecified atom stereocenters. The zero-order valence-electron chi connectivity index (χ0n) is 25.1. The van der Waals surface area contributed by atoms with Crippen LogP contribution >= 0.6 is 0 Å². The minimum absolute atomic E-state index is 0.0681. The van der Waals surface area contributed by atoms with Crippen molar-refractivity contribution >= 4 is 11.9 Å². The molecule has 0 aliphatic carbocycles. The van der Waals surface area contributed by atoms with Gasteiger partial charge in [-0.25, -0.2) is 0 Å². The second-order valence-corrected chi connectivity index (χ2v) is 10.9. The van der Waals surface area contributed by atoms with Crippen LogP contribution in [-0.4, -0.2) is 86.4 Å². The summed E-state index contributed by atoms with van der Waals surface area (Å²) in [5.41, 5.74) is -0.583. The first-order valence-electron chi connectivity index (χ1n) is 13.9. The SMILES string of the molecule is CCC(C)(C)C(=O)NCC[N+](CC)(CC)CC.CCC(C)(C)C(=O)OCC[N+](CC)(CC)CC. The molecule has 204 valence electrons. The predicted molar refractivity (Wildman–Crippen MR) is 146 cm³/mol. The number of carbonyl (C=O) groups excluding carboxylic acids is 2. The second-order valence-electron chi connectivity index (χ2n) is 10.9. The molecular weight excluding hydrogens is 426 g/mol. The summed E-state index contributed by atoms with van der Waals surface area (Å²) >= 11 is 0. The molecule has 0 aromatic carbocycles. The topological polar surface area (TPSA) is 55.4 Å². The maximum Gasteiger partial charge on any atom is 0.311 e. The maximum absolute atomic E-state index is 11.9. The van der Waals surface area contributed by atoms with Crippen molar-refractivity contribution in [3.8, 4) is 0 Å². The Hall–Kier alpha value is -1.14. The van der Waals surface area contributed by atoms with E-state index in [9.17, 15) is 9.59 Å². The average Bonchev–Trinajstić information content (AvgIpc) is 2.85. The van der Waals surface area contributed by atoms with E-state index in [0.29, 0.717) is 6.61 Å². The van der Waals surface area contributed by atoms with Crippen molar-refractivity contribution in [2.24, 2.45) is 10.8 Å². The van der Waals surface area contributed by atoms with Gasteiger partial charge in [-0.05, 0) is 68.2 Å². The highest BCUT2D eigenvalue weighted by Crippen LogP contribution is 2.21. The molecule has 0 saturated heterocycles. The summed E-state index contributed by atoms with van der Waals surface area (Å²) in [6.07, 6.45) is 1.70. The van der Waals surface area contributed by atoms with Crippen LogP contribution in [0, 0.1) is 10.8 Å². The lowest BCUT2D eigenvalue weighted by atomic mass is 9.89. The first-order chi connectivity index (χ1) is 15.7. The van der Waals surface area contributed by atoms with E-state index < -0.39 is 0 Å². The molecule has 1 amide bonds. The molecule has 0 saturated carbocycles. The van der Waals surface area contributed by atoms with Gasteiger partial charge >= 0.3 is 5.97 Å². The molecule has 0 aliphatic rings. The van der Waals surface area contributed by atoms with Crippen molar-refractivity contribution < 1.29 is 23.3 Å². The smallest absolute Gasteiger partial charge is 0.311 e. The summed E-state index contributed by atoms with van der Waals surface area (Å²) < 4.78 is 7.52. The van der Waals surface area contributed by atoms with Crippen molar-refractivity contribution in [3.05, 3.63) is 0 Å². The molecule has 34 heavy (non-hydrogen) atoms. The lowest BCUT2D eigenvalue weighted by Gasteiger charge is -2.36. The van der Waals surface area contributed by atoms with Crippen molar-refractivity contribution in [1.82, 2.24) is 5.32 Å². The van der Waals surface area contributed by atoms with Crippen LogP contribution in [0.15, 0.2) is 0 Å². The lowest BCUT2D eigenvalue weighted by Crippen LogP contribution is -2.52. The van der Waals surface area contributed by atoms with Gasteiger partial charge < -0.3 is 19.0 Å². The molecule has 0 aromatic heterocycles. The number of nitrogens with zero attached hydrogens (tertiary/aromatic N) is 2. The fourth-order valence-corrected chi connectivity index (χ4v) is 3.77. The Bertz CT molecular complexity index is 499. The van der Waals surface area contributed by atoms with Crippen molar-refractivity contribution in [1.29, 1.82) is 0 Å². The quantitative estimate of drug-likeness (QED) is 0.239. The summed E-state index contributed by atoms with van der Waals surface area (Å²) in [6.45, 7) is 35.3. The van der Waals surface area contributed by atoms with Crippen LogP contribution in [-0.2, 0) is 14.3 Å². The Balaban J connectivity index is 0. The van der Waals surface area contributed by atoms with E-state index in [0.717, 1.165) is 80.7 Å². The molecule has 0 radical (unpaired) electrons.